The molecule has 1 aliphatic rings. The second kappa shape index (κ2) is 10.6. The van der Waals surface area contributed by atoms with Crippen molar-refractivity contribution in [3.05, 3.63) is 0 Å². The lowest BCUT2D eigenvalue weighted by molar-refractivity contribution is -0.112. The zero-order valence-corrected chi connectivity index (χ0v) is 10.4. The fraction of sp³-hybridized carbons (Fsp3) is 1.00. The molecule has 1 aliphatic heterocycles. The number of nitrogens with one attached hydrogen (secondary N) is 2. The molecule has 0 amide bonds. The summed E-state index contributed by atoms with van der Waals surface area (Å²) in [6.45, 7) is 3.64. The van der Waals surface area contributed by atoms with Gasteiger partial charge >= 0.3 is 0 Å². The normalized spacial score (nSPS) is 22.3. The molecular weight excluding hydrogens is 242 g/mol. The fourth-order valence-electron chi connectivity index (χ4n) is 1.31. The molecule has 1 fully saturated rings. The first kappa shape index (κ1) is 17.7. The molecule has 0 saturated carbocycles. The number of aliphatic hydroxyl groups excluding tert-OH is 5. The van der Waals surface area contributed by atoms with E-state index in [1.807, 2.05) is 0 Å². The highest BCUT2D eigenvalue weighted by Crippen LogP contribution is 2.03. The predicted molar refractivity (Wildman–Crippen MR) is 65.9 cm³/mol. The Bertz CT molecular complexity index is 169. The minimum absolute atomic E-state index is 0.226. The lowest BCUT2D eigenvalue weighted by Gasteiger charge is -2.24. The van der Waals surface area contributed by atoms with Gasteiger partial charge in [0, 0.05) is 32.7 Å². The standard InChI is InChI=1S/C6H15NO5.C4H10N2/c7-1-3(9)5(11)6(12)4(10)2-8;1-2-6-4-3-5-1/h3-6,8-12H,1-2,7H2;5-6H,1-4H2. The Kier molecular flexibility index (Phi) is 10.4. The van der Waals surface area contributed by atoms with Gasteiger partial charge in [0.05, 0.1) is 12.7 Å². The number of hydrogen-bond acceptors (Lipinski definition) is 8. The van der Waals surface area contributed by atoms with E-state index < -0.39 is 31.0 Å². The van der Waals surface area contributed by atoms with E-state index in [0.717, 1.165) is 26.2 Å². The largest absolute Gasteiger partial charge is 0.394 e. The minimum Gasteiger partial charge on any atom is -0.394 e. The SMILES string of the molecule is C1CNCCN1.NCC(O)C(O)C(O)C(O)CO. The van der Waals surface area contributed by atoms with Gasteiger partial charge in [-0.15, -0.1) is 0 Å². The summed E-state index contributed by atoms with van der Waals surface area (Å²) in [5.74, 6) is 0. The van der Waals surface area contributed by atoms with Crippen molar-refractivity contribution < 1.29 is 25.5 Å². The maximum Gasteiger partial charge on any atom is 0.111 e. The van der Waals surface area contributed by atoms with Crippen molar-refractivity contribution in [2.45, 2.75) is 24.4 Å². The van der Waals surface area contributed by atoms with Crippen LogP contribution in [0.2, 0.25) is 0 Å². The van der Waals surface area contributed by atoms with Gasteiger partial charge in [0.2, 0.25) is 0 Å². The van der Waals surface area contributed by atoms with Crippen LogP contribution in [-0.4, -0.2) is 89.3 Å². The van der Waals surface area contributed by atoms with Crippen molar-refractivity contribution >= 4 is 0 Å². The van der Waals surface area contributed by atoms with E-state index in [2.05, 4.69) is 10.6 Å². The van der Waals surface area contributed by atoms with Gasteiger partial charge in [0.25, 0.3) is 0 Å². The van der Waals surface area contributed by atoms with Crippen LogP contribution in [-0.2, 0) is 0 Å². The summed E-state index contributed by atoms with van der Waals surface area (Å²) >= 11 is 0. The Balaban J connectivity index is 0.000000397. The van der Waals surface area contributed by atoms with Gasteiger partial charge in [-0.1, -0.05) is 0 Å². The van der Waals surface area contributed by atoms with Crippen LogP contribution in [0.25, 0.3) is 0 Å². The molecular formula is C10H25N3O5. The Morgan fingerprint density at radius 2 is 1.22 bits per heavy atom. The Hall–Kier alpha value is -0.320. The lowest BCUT2D eigenvalue weighted by Crippen LogP contribution is -2.48. The van der Waals surface area contributed by atoms with Crippen LogP contribution in [0.1, 0.15) is 0 Å². The number of hydrogen-bond donors (Lipinski definition) is 8. The smallest absolute Gasteiger partial charge is 0.111 e. The molecule has 18 heavy (non-hydrogen) atoms. The van der Waals surface area contributed by atoms with E-state index in [1.54, 1.807) is 0 Å². The van der Waals surface area contributed by atoms with Gasteiger partial charge in [0.1, 0.15) is 18.3 Å². The van der Waals surface area contributed by atoms with Gasteiger partial charge in [-0.3, -0.25) is 0 Å². The fourth-order valence-corrected chi connectivity index (χ4v) is 1.31. The molecule has 0 aromatic rings. The van der Waals surface area contributed by atoms with Gasteiger partial charge in [0.15, 0.2) is 0 Å². The maximum absolute atomic E-state index is 9.04. The first-order valence-corrected chi connectivity index (χ1v) is 5.99. The summed E-state index contributed by atoms with van der Waals surface area (Å²) < 4.78 is 0. The Morgan fingerprint density at radius 1 is 0.833 bits per heavy atom. The molecule has 1 saturated heterocycles. The molecule has 110 valence electrons. The Morgan fingerprint density at radius 3 is 1.50 bits per heavy atom. The van der Waals surface area contributed by atoms with Crippen molar-refractivity contribution in [1.82, 2.24) is 10.6 Å². The van der Waals surface area contributed by atoms with Crippen molar-refractivity contribution in [3.63, 3.8) is 0 Å². The summed E-state index contributed by atoms with van der Waals surface area (Å²) in [4.78, 5) is 0. The second-order valence-corrected chi connectivity index (χ2v) is 4.03. The highest BCUT2D eigenvalue weighted by atomic mass is 16.4. The molecule has 1 heterocycles. The summed E-state index contributed by atoms with van der Waals surface area (Å²) in [5, 5.41) is 50.6. The van der Waals surface area contributed by atoms with Crippen molar-refractivity contribution in [2.75, 3.05) is 39.3 Å². The molecule has 4 unspecified atom stereocenters. The van der Waals surface area contributed by atoms with Gasteiger partial charge in [-0.25, -0.2) is 0 Å². The van der Waals surface area contributed by atoms with Gasteiger partial charge in [-0.05, 0) is 0 Å². The highest BCUT2D eigenvalue weighted by molar-refractivity contribution is 4.80. The average Bonchev–Trinajstić information content (AvgIpc) is 2.46. The van der Waals surface area contributed by atoms with E-state index in [0.29, 0.717) is 0 Å². The van der Waals surface area contributed by atoms with E-state index in [-0.39, 0.29) is 6.54 Å². The predicted octanol–water partition coefficient (Wildman–Crippen LogP) is -4.44. The molecule has 8 nitrogen and oxygen atoms in total. The van der Waals surface area contributed by atoms with Crippen LogP contribution in [0.3, 0.4) is 0 Å². The number of aliphatic hydroxyl groups is 5. The quantitative estimate of drug-likeness (QED) is 0.248. The molecule has 4 atom stereocenters. The minimum atomic E-state index is -1.59. The zero-order valence-electron chi connectivity index (χ0n) is 10.4. The third-order valence-corrected chi connectivity index (χ3v) is 2.52. The van der Waals surface area contributed by atoms with Crippen molar-refractivity contribution in [1.29, 1.82) is 0 Å². The first-order chi connectivity index (χ1) is 8.54. The molecule has 9 N–H and O–H groups in total. The molecule has 0 aliphatic carbocycles. The summed E-state index contributed by atoms with van der Waals surface area (Å²) in [6, 6.07) is 0. The topological polar surface area (TPSA) is 151 Å². The molecule has 1 rings (SSSR count). The van der Waals surface area contributed by atoms with Crippen molar-refractivity contribution in [2.24, 2.45) is 5.73 Å². The maximum atomic E-state index is 9.04. The number of nitrogens with two attached hydrogens (primary N) is 1. The van der Waals surface area contributed by atoms with E-state index >= 15 is 0 Å². The molecule has 0 aromatic heterocycles. The molecule has 0 bridgehead atoms. The monoisotopic (exact) mass is 267 g/mol. The number of piperazine rings is 1. The molecule has 0 aromatic carbocycles. The summed E-state index contributed by atoms with van der Waals surface area (Å²) in [6.07, 6.45) is -5.91. The van der Waals surface area contributed by atoms with Crippen LogP contribution in [0.15, 0.2) is 0 Å². The second-order valence-electron chi connectivity index (χ2n) is 4.03. The summed E-state index contributed by atoms with van der Waals surface area (Å²) in [5.41, 5.74) is 4.99. The van der Waals surface area contributed by atoms with E-state index in [4.69, 9.17) is 31.3 Å². The average molecular weight is 267 g/mol. The van der Waals surface area contributed by atoms with Crippen LogP contribution >= 0.6 is 0 Å². The van der Waals surface area contributed by atoms with Crippen LogP contribution in [0.5, 0.6) is 0 Å². The van der Waals surface area contributed by atoms with Crippen molar-refractivity contribution in [3.8, 4) is 0 Å². The van der Waals surface area contributed by atoms with Crippen LogP contribution < -0.4 is 16.4 Å². The third-order valence-electron chi connectivity index (χ3n) is 2.52. The van der Waals surface area contributed by atoms with E-state index in [1.165, 1.54) is 0 Å². The van der Waals surface area contributed by atoms with E-state index in [9.17, 15) is 0 Å². The van der Waals surface area contributed by atoms with Gasteiger partial charge < -0.3 is 41.9 Å². The summed E-state index contributed by atoms with van der Waals surface area (Å²) in [7, 11) is 0. The zero-order chi connectivity index (χ0) is 14.0. The highest BCUT2D eigenvalue weighted by Gasteiger charge is 2.28. The number of rotatable bonds is 5. The molecule has 8 heteroatoms. The lowest BCUT2D eigenvalue weighted by atomic mass is 10.0. The molecule has 0 spiro atoms. The first-order valence-electron chi connectivity index (χ1n) is 5.99. The van der Waals surface area contributed by atoms with Crippen LogP contribution in [0.4, 0.5) is 0 Å². The Labute approximate surface area is 106 Å². The third kappa shape index (κ3) is 7.19. The molecule has 0 radical (unpaired) electrons. The van der Waals surface area contributed by atoms with Gasteiger partial charge in [-0.2, -0.15) is 0 Å². The van der Waals surface area contributed by atoms with Crippen LogP contribution in [0, 0.1) is 0 Å².